The highest BCUT2D eigenvalue weighted by atomic mass is 32.2. The largest absolute Gasteiger partial charge is 0.497 e. The zero-order valence-corrected chi connectivity index (χ0v) is 18.1. The zero-order valence-electron chi connectivity index (χ0n) is 17.3. The summed E-state index contributed by atoms with van der Waals surface area (Å²) in [4.78, 5) is 17.1. The van der Waals surface area contributed by atoms with E-state index in [2.05, 4.69) is 12.1 Å². The average molecular weight is 429 g/mol. The normalized spacial score (nSPS) is 20.2. The molecule has 2 aliphatic heterocycles. The Balaban J connectivity index is 1.48. The van der Waals surface area contributed by atoms with Crippen LogP contribution in [0, 0.1) is 0 Å². The maximum Gasteiger partial charge on any atom is 0.237 e. The highest BCUT2D eigenvalue weighted by molar-refractivity contribution is 7.91. The van der Waals surface area contributed by atoms with Crippen molar-refractivity contribution in [2.45, 2.75) is 32.0 Å². The van der Waals surface area contributed by atoms with Crippen LogP contribution >= 0.6 is 0 Å². The summed E-state index contributed by atoms with van der Waals surface area (Å²) in [6, 6.07) is 15.8. The van der Waals surface area contributed by atoms with Crippen molar-refractivity contribution in [2.75, 3.05) is 31.7 Å². The van der Waals surface area contributed by atoms with Gasteiger partial charge in [0.15, 0.2) is 9.84 Å². The van der Waals surface area contributed by atoms with E-state index < -0.39 is 9.84 Å². The molecule has 30 heavy (non-hydrogen) atoms. The number of nitrogens with zero attached hydrogens (tertiary/aromatic N) is 2. The van der Waals surface area contributed by atoms with Crippen LogP contribution in [0.2, 0.25) is 0 Å². The Hall–Kier alpha value is -2.38. The Morgan fingerprint density at radius 2 is 1.87 bits per heavy atom. The van der Waals surface area contributed by atoms with E-state index in [1.54, 1.807) is 7.11 Å². The Morgan fingerprint density at radius 3 is 2.53 bits per heavy atom. The van der Waals surface area contributed by atoms with Crippen molar-refractivity contribution in [3.05, 3.63) is 65.2 Å². The summed E-state index contributed by atoms with van der Waals surface area (Å²) in [7, 11) is -1.41. The Labute approximate surface area is 178 Å². The summed E-state index contributed by atoms with van der Waals surface area (Å²) < 4.78 is 29.4. The molecular formula is C23H28N2O4S. The lowest BCUT2D eigenvalue weighted by atomic mass is 10.00. The number of carbonyl (C=O) groups excluding carboxylic acids is 1. The van der Waals surface area contributed by atoms with Crippen LogP contribution in [-0.4, -0.2) is 61.9 Å². The van der Waals surface area contributed by atoms with E-state index in [0.29, 0.717) is 26.1 Å². The number of fused-ring (bicyclic) bond motifs is 1. The van der Waals surface area contributed by atoms with E-state index >= 15 is 0 Å². The molecule has 2 heterocycles. The van der Waals surface area contributed by atoms with Crippen LogP contribution in [0.4, 0.5) is 0 Å². The van der Waals surface area contributed by atoms with Crippen molar-refractivity contribution in [3.8, 4) is 5.75 Å². The number of rotatable bonds is 6. The number of hydrogen-bond donors (Lipinski definition) is 0. The van der Waals surface area contributed by atoms with Gasteiger partial charge in [0, 0.05) is 25.7 Å². The van der Waals surface area contributed by atoms with Crippen molar-refractivity contribution in [1.29, 1.82) is 0 Å². The van der Waals surface area contributed by atoms with Crippen LogP contribution in [0.25, 0.3) is 0 Å². The van der Waals surface area contributed by atoms with Crippen LogP contribution in [0.5, 0.6) is 5.75 Å². The van der Waals surface area contributed by atoms with Gasteiger partial charge in [0.05, 0.1) is 25.2 Å². The van der Waals surface area contributed by atoms with Gasteiger partial charge in [-0.1, -0.05) is 36.4 Å². The van der Waals surface area contributed by atoms with E-state index in [1.165, 1.54) is 11.1 Å². The first kappa shape index (κ1) is 20.9. The van der Waals surface area contributed by atoms with Gasteiger partial charge >= 0.3 is 0 Å². The van der Waals surface area contributed by atoms with Gasteiger partial charge in [-0.15, -0.1) is 0 Å². The van der Waals surface area contributed by atoms with Crippen LogP contribution in [0.1, 0.15) is 23.1 Å². The third-order valence-electron chi connectivity index (χ3n) is 6.09. The molecule has 6 nitrogen and oxygen atoms in total. The highest BCUT2D eigenvalue weighted by Gasteiger charge is 2.34. The molecule has 2 aromatic carbocycles. The zero-order chi connectivity index (χ0) is 21.1. The van der Waals surface area contributed by atoms with Crippen LogP contribution in [-0.2, 0) is 34.1 Å². The first-order valence-corrected chi connectivity index (χ1v) is 12.2. The molecule has 0 N–H and O–H groups in total. The maximum absolute atomic E-state index is 13.1. The minimum atomic E-state index is -3.03. The number of carbonyl (C=O) groups is 1. The smallest absolute Gasteiger partial charge is 0.237 e. The number of sulfone groups is 1. The topological polar surface area (TPSA) is 66.9 Å². The van der Waals surface area contributed by atoms with E-state index in [-0.39, 0.29) is 30.0 Å². The second-order valence-corrected chi connectivity index (χ2v) is 10.4. The van der Waals surface area contributed by atoms with E-state index in [4.69, 9.17) is 4.74 Å². The molecule has 0 aliphatic carbocycles. The Kier molecular flexibility index (Phi) is 6.11. The predicted octanol–water partition coefficient (Wildman–Crippen LogP) is 2.27. The molecule has 160 valence electrons. The molecule has 0 bridgehead atoms. The minimum Gasteiger partial charge on any atom is -0.497 e. The molecule has 1 saturated heterocycles. The van der Waals surface area contributed by atoms with Gasteiger partial charge in [0.1, 0.15) is 5.75 Å². The van der Waals surface area contributed by atoms with Crippen molar-refractivity contribution in [2.24, 2.45) is 0 Å². The lowest BCUT2D eigenvalue weighted by molar-refractivity contribution is -0.134. The Morgan fingerprint density at radius 1 is 1.13 bits per heavy atom. The SMILES string of the molecule is COc1ccc(CN(CC(=O)N2CCc3ccccc3C2)[C@@H]2CCS(=O)(=O)C2)cc1. The lowest BCUT2D eigenvalue weighted by Crippen LogP contribution is -2.46. The van der Waals surface area contributed by atoms with Crippen molar-refractivity contribution in [1.82, 2.24) is 9.80 Å². The molecule has 1 atom stereocenters. The molecule has 0 saturated carbocycles. The molecule has 1 fully saturated rings. The molecule has 1 amide bonds. The number of methoxy groups -OCH3 is 1. The number of hydrogen-bond acceptors (Lipinski definition) is 5. The van der Waals surface area contributed by atoms with Crippen LogP contribution in [0.15, 0.2) is 48.5 Å². The maximum atomic E-state index is 13.1. The third kappa shape index (κ3) is 4.84. The van der Waals surface area contributed by atoms with Gasteiger partial charge in [0.2, 0.25) is 5.91 Å². The number of ether oxygens (including phenoxy) is 1. The highest BCUT2D eigenvalue weighted by Crippen LogP contribution is 2.23. The molecule has 2 aliphatic rings. The first-order chi connectivity index (χ1) is 14.4. The van der Waals surface area contributed by atoms with Gasteiger partial charge in [-0.2, -0.15) is 0 Å². The molecule has 0 radical (unpaired) electrons. The summed E-state index contributed by atoms with van der Waals surface area (Å²) in [5.74, 6) is 1.15. The molecule has 0 spiro atoms. The van der Waals surface area contributed by atoms with E-state index in [9.17, 15) is 13.2 Å². The van der Waals surface area contributed by atoms with Gasteiger partial charge in [-0.25, -0.2) is 8.42 Å². The summed E-state index contributed by atoms with van der Waals surface area (Å²) in [6.45, 7) is 2.10. The monoisotopic (exact) mass is 428 g/mol. The minimum absolute atomic E-state index is 0.0577. The molecule has 2 aromatic rings. The fraction of sp³-hybridized carbons (Fsp3) is 0.435. The third-order valence-corrected chi connectivity index (χ3v) is 7.84. The molecular weight excluding hydrogens is 400 g/mol. The Bertz CT molecular complexity index is 1000. The van der Waals surface area contributed by atoms with Gasteiger partial charge in [-0.3, -0.25) is 9.69 Å². The van der Waals surface area contributed by atoms with E-state index in [0.717, 1.165) is 17.7 Å². The lowest BCUT2D eigenvalue weighted by Gasteiger charge is -2.33. The van der Waals surface area contributed by atoms with Crippen molar-refractivity contribution >= 4 is 15.7 Å². The second-order valence-electron chi connectivity index (χ2n) is 8.14. The number of benzene rings is 2. The molecule has 0 aromatic heterocycles. The first-order valence-electron chi connectivity index (χ1n) is 10.4. The predicted molar refractivity (Wildman–Crippen MR) is 116 cm³/mol. The quantitative estimate of drug-likeness (QED) is 0.706. The summed E-state index contributed by atoms with van der Waals surface area (Å²) in [5, 5.41) is 0. The summed E-state index contributed by atoms with van der Waals surface area (Å²) >= 11 is 0. The van der Waals surface area contributed by atoms with Crippen molar-refractivity contribution < 1.29 is 17.9 Å². The standard InChI is InChI=1S/C23H28N2O4S/c1-29-22-8-6-18(7-9-22)14-25(21-11-13-30(27,28)17-21)16-23(26)24-12-10-19-4-2-3-5-20(19)15-24/h2-9,21H,10-17H2,1H3/t21-/m1/s1. The summed E-state index contributed by atoms with van der Waals surface area (Å²) in [6.07, 6.45) is 1.44. The van der Waals surface area contributed by atoms with Gasteiger partial charge in [-0.05, 0) is 41.7 Å². The molecule has 7 heteroatoms. The molecule has 4 rings (SSSR count). The van der Waals surface area contributed by atoms with Gasteiger partial charge < -0.3 is 9.64 Å². The fourth-order valence-electron chi connectivity index (χ4n) is 4.33. The van der Waals surface area contributed by atoms with E-state index in [1.807, 2.05) is 46.2 Å². The van der Waals surface area contributed by atoms with Crippen LogP contribution < -0.4 is 4.74 Å². The fourth-order valence-corrected chi connectivity index (χ4v) is 6.09. The van der Waals surface area contributed by atoms with Crippen LogP contribution in [0.3, 0.4) is 0 Å². The van der Waals surface area contributed by atoms with Crippen molar-refractivity contribution in [3.63, 3.8) is 0 Å². The number of amides is 1. The molecule has 0 unspecified atom stereocenters. The summed E-state index contributed by atoms with van der Waals surface area (Å²) in [5.41, 5.74) is 3.54. The second kappa shape index (κ2) is 8.78. The average Bonchev–Trinajstić information content (AvgIpc) is 3.13. The van der Waals surface area contributed by atoms with Gasteiger partial charge in [0.25, 0.3) is 0 Å².